The van der Waals surface area contributed by atoms with E-state index in [0.29, 0.717) is 23.3 Å². The molecule has 0 aliphatic heterocycles. The Labute approximate surface area is 120 Å². The summed E-state index contributed by atoms with van der Waals surface area (Å²) in [4.78, 5) is 14.5. The normalized spacial score (nSPS) is 14.4. The molecule has 0 aromatic heterocycles. The zero-order chi connectivity index (χ0) is 14.7. The quantitative estimate of drug-likeness (QED) is 0.869. The third-order valence-electron chi connectivity index (χ3n) is 3.63. The summed E-state index contributed by atoms with van der Waals surface area (Å²) in [6.07, 6.45) is 3.13. The first kappa shape index (κ1) is 14.7. The lowest BCUT2D eigenvalue weighted by molar-refractivity contribution is 0.0732. The van der Waals surface area contributed by atoms with E-state index in [0.717, 1.165) is 25.8 Å². The average molecular weight is 277 g/mol. The Morgan fingerprint density at radius 1 is 1.45 bits per heavy atom. The maximum atomic E-state index is 12.6. The Balaban J connectivity index is 2.14. The van der Waals surface area contributed by atoms with Gasteiger partial charge in [0.2, 0.25) is 0 Å². The van der Waals surface area contributed by atoms with Crippen molar-refractivity contribution >= 4 is 5.91 Å². The SMILES string of the molecule is COc1ccc(C(=O)N(CCC(C)C)C2CC2)c(O)c1. The van der Waals surface area contributed by atoms with Gasteiger partial charge in [-0.25, -0.2) is 0 Å². The van der Waals surface area contributed by atoms with E-state index < -0.39 is 0 Å². The van der Waals surface area contributed by atoms with Gasteiger partial charge in [0.1, 0.15) is 11.5 Å². The first-order chi connectivity index (χ1) is 9.52. The number of amides is 1. The lowest BCUT2D eigenvalue weighted by Crippen LogP contribution is -2.34. The highest BCUT2D eigenvalue weighted by atomic mass is 16.5. The zero-order valence-corrected chi connectivity index (χ0v) is 12.4. The number of rotatable bonds is 6. The van der Waals surface area contributed by atoms with E-state index in [1.807, 2.05) is 4.90 Å². The van der Waals surface area contributed by atoms with E-state index in [9.17, 15) is 9.90 Å². The van der Waals surface area contributed by atoms with Crippen LogP contribution in [0.5, 0.6) is 11.5 Å². The van der Waals surface area contributed by atoms with E-state index >= 15 is 0 Å². The summed E-state index contributed by atoms with van der Waals surface area (Å²) in [5.74, 6) is 1.03. The first-order valence-corrected chi connectivity index (χ1v) is 7.21. The summed E-state index contributed by atoms with van der Waals surface area (Å²) < 4.78 is 5.04. The van der Waals surface area contributed by atoms with Crippen LogP contribution in [-0.4, -0.2) is 35.6 Å². The Bertz CT molecular complexity index is 481. The molecule has 0 atom stereocenters. The number of nitrogens with zero attached hydrogens (tertiary/aromatic N) is 1. The van der Waals surface area contributed by atoms with Crippen LogP contribution in [0.1, 0.15) is 43.5 Å². The van der Waals surface area contributed by atoms with Crippen LogP contribution in [-0.2, 0) is 0 Å². The van der Waals surface area contributed by atoms with Crippen LogP contribution in [0, 0.1) is 5.92 Å². The molecule has 1 aliphatic carbocycles. The Morgan fingerprint density at radius 3 is 2.65 bits per heavy atom. The summed E-state index contributed by atoms with van der Waals surface area (Å²) in [6.45, 7) is 5.06. The van der Waals surface area contributed by atoms with Crippen LogP contribution in [0.15, 0.2) is 18.2 Å². The second-order valence-electron chi connectivity index (χ2n) is 5.80. The van der Waals surface area contributed by atoms with Gasteiger partial charge in [0.15, 0.2) is 0 Å². The van der Waals surface area contributed by atoms with Gasteiger partial charge in [0, 0.05) is 18.7 Å². The predicted molar refractivity (Wildman–Crippen MR) is 78.2 cm³/mol. The molecule has 110 valence electrons. The molecule has 4 heteroatoms. The van der Waals surface area contributed by atoms with Crippen molar-refractivity contribution in [1.29, 1.82) is 0 Å². The Kier molecular flexibility index (Phi) is 4.53. The highest BCUT2D eigenvalue weighted by molar-refractivity contribution is 5.97. The van der Waals surface area contributed by atoms with Gasteiger partial charge in [0.25, 0.3) is 5.91 Å². The summed E-state index contributed by atoms with van der Waals surface area (Å²) >= 11 is 0. The third kappa shape index (κ3) is 3.44. The largest absolute Gasteiger partial charge is 0.507 e. The fraction of sp³-hybridized carbons (Fsp3) is 0.562. The highest BCUT2D eigenvalue weighted by Crippen LogP contribution is 2.31. The van der Waals surface area contributed by atoms with Crippen LogP contribution in [0.3, 0.4) is 0 Å². The molecule has 4 nitrogen and oxygen atoms in total. The number of methoxy groups -OCH3 is 1. The molecule has 0 radical (unpaired) electrons. The van der Waals surface area contributed by atoms with Gasteiger partial charge >= 0.3 is 0 Å². The lowest BCUT2D eigenvalue weighted by atomic mass is 10.1. The summed E-state index contributed by atoms with van der Waals surface area (Å²) in [5.41, 5.74) is 0.362. The molecule has 1 fully saturated rings. The van der Waals surface area contributed by atoms with Crippen molar-refractivity contribution < 1.29 is 14.6 Å². The molecule has 20 heavy (non-hydrogen) atoms. The van der Waals surface area contributed by atoms with Crippen molar-refractivity contribution in [1.82, 2.24) is 4.90 Å². The van der Waals surface area contributed by atoms with E-state index in [1.165, 1.54) is 13.2 Å². The number of hydrogen-bond donors (Lipinski definition) is 1. The van der Waals surface area contributed by atoms with Crippen LogP contribution in [0.4, 0.5) is 0 Å². The maximum Gasteiger partial charge on any atom is 0.257 e. The Hall–Kier alpha value is -1.71. The Morgan fingerprint density at radius 2 is 2.15 bits per heavy atom. The summed E-state index contributed by atoms with van der Waals surface area (Å²) in [7, 11) is 1.54. The fourth-order valence-electron chi connectivity index (χ4n) is 2.21. The number of aromatic hydroxyl groups is 1. The molecular weight excluding hydrogens is 254 g/mol. The number of benzene rings is 1. The van der Waals surface area contributed by atoms with Crippen LogP contribution >= 0.6 is 0 Å². The minimum absolute atomic E-state index is 0.00968. The molecule has 1 aliphatic rings. The van der Waals surface area contributed by atoms with Gasteiger partial charge in [0.05, 0.1) is 12.7 Å². The number of phenols is 1. The molecule has 0 unspecified atom stereocenters. The molecule has 1 N–H and O–H groups in total. The second kappa shape index (κ2) is 6.16. The second-order valence-corrected chi connectivity index (χ2v) is 5.80. The number of phenolic OH excluding ortho intramolecular Hbond substituents is 1. The van der Waals surface area contributed by atoms with Crippen LogP contribution in [0.2, 0.25) is 0 Å². The van der Waals surface area contributed by atoms with Gasteiger partial charge in [-0.05, 0) is 37.3 Å². The molecule has 1 amide bonds. The standard InChI is InChI=1S/C16H23NO3/c1-11(2)8-9-17(12-4-5-12)16(19)14-7-6-13(20-3)10-15(14)18/h6-7,10-12,18H,4-5,8-9H2,1-3H3. The average Bonchev–Trinajstić information content (AvgIpc) is 3.22. The van der Waals surface area contributed by atoms with E-state index in [1.54, 1.807) is 12.1 Å². The molecule has 1 saturated carbocycles. The van der Waals surface area contributed by atoms with E-state index in [2.05, 4.69) is 13.8 Å². The van der Waals surface area contributed by atoms with Crippen LogP contribution < -0.4 is 4.74 Å². The van der Waals surface area contributed by atoms with Crippen molar-refractivity contribution in [3.05, 3.63) is 23.8 Å². The van der Waals surface area contributed by atoms with Crippen molar-refractivity contribution in [2.45, 2.75) is 39.2 Å². The molecular formula is C16H23NO3. The molecule has 0 bridgehead atoms. The lowest BCUT2D eigenvalue weighted by Gasteiger charge is -2.24. The van der Waals surface area contributed by atoms with Gasteiger partial charge < -0.3 is 14.7 Å². The molecule has 1 aromatic carbocycles. The van der Waals surface area contributed by atoms with Crippen molar-refractivity contribution in [3.63, 3.8) is 0 Å². The smallest absolute Gasteiger partial charge is 0.257 e. The third-order valence-corrected chi connectivity index (χ3v) is 3.63. The van der Waals surface area contributed by atoms with E-state index in [4.69, 9.17) is 4.74 Å². The van der Waals surface area contributed by atoms with Crippen LogP contribution in [0.25, 0.3) is 0 Å². The van der Waals surface area contributed by atoms with Gasteiger partial charge in [-0.2, -0.15) is 0 Å². The number of carbonyl (C=O) groups is 1. The summed E-state index contributed by atoms with van der Waals surface area (Å²) in [5, 5.41) is 9.99. The molecule has 0 heterocycles. The number of carbonyl (C=O) groups excluding carboxylic acids is 1. The molecule has 2 rings (SSSR count). The predicted octanol–water partition coefficient (Wildman–Crippen LogP) is 3.05. The molecule has 1 aromatic rings. The number of hydrogen-bond acceptors (Lipinski definition) is 3. The minimum Gasteiger partial charge on any atom is -0.507 e. The van der Waals surface area contributed by atoms with Gasteiger partial charge in [-0.1, -0.05) is 13.8 Å². The zero-order valence-electron chi connectivity index (χ0n) is 12.4. The molecule has 0 saturated heterocycles. The fourth-order valence-corrected chi connectivity index (χ4v) is 2.21. The summed E-state index contributed by atoms with van der Waals surface area (Å²) in [6, 6.07) is 5.19. The first-order valence-electron chi connectivity index (χ1n) is 7.21. The van der Waals surface area contributed by atoms with Gasteiger partial charge in [-0.15, -0.1) is 0 Å². The minimum atomic E-state index is -0.0756. The van der Waals surface area contributed by atoms with Crippen molar-refractivity contribution in [2.75, 3.05) is 13.7 Å². The van der Waals surface area contributed by atoms with Crippen molar-refractivity contribution in [2.24, 2.45) is 5.92 Å². The van der Waals surface area contributed by atoms with Gasteiger partial charge in [-0.3, -0.25) is 4.79 Å². The van der Waals surface area contributed by atoms with E-state index in [-0.39, 0.29) is 11.7 Å². The van der Waals surface area contributed by atoms with Crippen molar-refractivity contribution in [3.8, 4) is 11.5 Å². The topological polar surface area (TPSA) is 49.8 Å². The highest BCUT2D eigenvalue weighted by Gasteiger charge is 2.33. The molecule has 0 spiro atoms. The monoisotopic (exact) mass is 277 g/mol. The number of ether oxygens (including phenoxy) is 1. The maximum absolute atomic E-state index is 12.6.